The van der Waals surface area contributed by atoms with Gasteiger partial charge in [0.2, 0.25) is 0 Å². The third-order valence-electron chi connectivity index (χ3n) is 2.93. The van der Waals surface area contributed by atoms with Gasteiger partial charge in [-0.25, -0.2) is 0 Å². The Hall–Kier alpha value is -0.330. The Morgan fingerprint density at radius 1 is 1.00 bits per heavy atom. The number of hydrogen-bond donors (Lipinski definition) is 0. The van der Waals surface area contributed by atoms with Gasteiger partial charge in [0.05, 0.1) is 0 Å². The Morgan fingerprint density at radius 2 is 1.62 bits per heavy atom. The average molecular weight is 181 g/mol. The lowest BCUT2D eigenvalue weighted by atomic mass is 9.90. The lowest BCUT2D eigenvalue weighted by Gasteiger charge is -2.14. The van der Waals surface area contributed by atoms with E-state index in [-0.39, 0.29) is 0 Å². The SMILES string of the molecule is CC[C]1CCCCCCCC(=O)C1. The van der Waals surface area contributed by atoms with Crippen LogP contribution in [0.4, 0.5) is 0 Å². The lowest BCUT2D eigenvalue weighted by molar-refractivity contribution is -0.119. The highest BCUT2D eigenvalue weighted by Crippen LogP contribution is 2.23. The van der Waals surface area contributed by atoms with Gasteiger partial charge in [0.1, 0.15) is 5.78 Å². The zero-order valence-corrected chi connectivity index (χ0v) is 8.77. The third-order valence-corrected chi connectivity index (χ3v) is 2.93. The monoisotopic (exact) mass is 181 g/mol. The molecular formula is C12H21O. The largest absolute Gasteiger partial charge is 0.300 e. The molecule has 0 atom stereocenters. The number of hydrogen-bond acceptors (Lipinski definition) is 1. The second-order valence-electron chi connectivity index (χ2n) is 4.09. The first-order chi connectivity index (χ1) is 6.33. The molecule has 0 aromatic carbocycles. The topological polar surface area (TPSA) is 17.1 Å². The Morgan fingerprint density at radius 3 is 2.31 bits per heavy atom. The summed E-state index contributed by atoms with van der Waals surface area (Å²) in [6, 6.07) is 0. The maximum Gasteiger partial charge on any atom is 0.133 e. The molecule has 1 aliphatic carbocycles. The molecule has 13 heavy (non-hydrogen) atoms. The van der Waals surface area contributed by atoms with Crippen molar-refractivity contribution in [2.75, 3.05) is 0 Å². The normalized spacial score (nSPS) is 23.0. The van der Waals surface area contributed by atoms with Gasteiger partial charge in [-0.15, -0.1) is 0 Å². The predicted molar refractivity (Wildman–Crippen MR) is 55.5 cm³/mol. The maximum atomic E-state index is 11.4. The van der Waals surface area contributed by atoms with E-state index in [1.54, 1.807) is 0 Å². The van der Waals surface area contributed by atoms with Crippen molar-refractivity contribution in [1.82, 2.24) is 0 Å². The van der Waals surface area contributed by atoms with Gasteiger partial charge in [-0.05, 0) is 25.2 Å². The smallest absolute Gasteiger partial charge is 0.133 e. The molecule has 0 aromatic heterocycles. The lowest BCUT2D eigenvalue weighted by Crippen LogP contribution is -2.07. The van der Waals surface area contributed by atoms with Crippen molar-refractivity contribution in [2.45, 2.75) is 64.7 Å². The van der Waals surface area contributed by atoms with Crippen LogP contribution < -0.4 is 0 Å². The number of rotatable bonds is 1. The van der Waals surface area contributed by atoms with Crippen LogP contribution in [0.3, 0.4) is 0 Å². The molecule has 0 bridgehead atoms. The second kappa shape index (κ2) is 6.17. The highest BCUT2D eigenvalue weighted by molar-refractivity contribution is 5.80. The number of carbonyl (C=O) groups is 1. The van der Waals surface area contributed by atoms with Gasteiger partial charge >= 0.3 is 0 Å². The molecule has 1 radical (unpaired) electrons. The molecule has 1 saturated carbocycles. The summed E-state index contributed by atoms with van der Waals surface area (Å²) in [5.41, 5.74) is 0. The summed E-state index contributed by atoms with van der Waals surface area (Å²) in [4.78, 5) is 11.4. The number of Topliss-reactive ketones (excluding diaryl/α,β-unsaturated/α-hetero) is 1. The van der Waals surface area contributed by atoms with Crippen LogP contribution in [-0.2, 0) is 4.79 Å². The maximum absolute atomic E-state index is 11.4. The fourth-order valence-electron chi connectivity index (χ4n) is 1.98. The van der Waals surface area contributed by atoms with Crippen LogP contribution in [-0.4, -0.2) is 5.78 Å². The second-order valence-corrected chi connectivity index (χ2v) is 4.09. The van der Waals surface area contributed by atoms with Crippen LogP contribution in [0.1, 0.15) is 64.7 Å². The van der Waals surface area contributed by atoms with Crippen LogP contribution in [0.15, 0.2) is 0 Å². The molecule has 0 heterocycles. The molecule has 0 N–H and O–H groups in total. The van der Waals surface area contributed by atoms with Crippen LogP contribution in [0.2, 0.25) is 0 Å². The predicted octanol–water partition coefficient (Wildman–Crippen LogP) is 3.67. The minimum atomic E-state index is 0.471. The van der Waals surface area contributed by atoms with E-state index in [9.17, 15) is 4.79 Å². The van der Waals surface area contributed by atoms with Crippen molar-refractivity contribution >= 4 is 5.78 Å². The summed E-state index contributed by atoms with van der Waals surface area (Å²) >= 11 is 0. The molecule has 1 rings (SSSR count). The van der Waals surface area contributed by atoms with E-state index in [4.69, 9.17) is 0 Å². The number of ketones is 1. The molecule has 0 spiro atoms. The van der Waals surface area contributed by atoms with Crippen molar-refractivity contribution in [1.29, 1.82) is 0 Å². The van der Waals surface area contributed by atoms with Gasteiger partial charge in [-0.2, -0.15) is 0 Å². The third kappa shape index (κ3) is 4.44. The summed E-state index contributed by atoms with van der Waals surface area (Å²) in [7, 11) is 0. The fourth-order valence-corrected chi connectivity index (χ4v) is 1.98. The van der Waals surface area contributed by atoms with E-state index < -0.39 is 0 Å². The van der Waals surface area contributed by atoms with E-state index >= 15 is 0 Å². The molecule has 0 saturated heterocycles. The molecule has 0 aliphatic heterocycles. The molecule has 75 valence electrons. The van der Waals surface area contributed by atoms with E-state index in [1.165, 1.54) is 38.0 Å². The Balaban J connectivity index is 2.34. The summed E-state index contributed by atoms with van der Waals surface area (Å²) in [6.07, 6.45) is 10.3. The molecule has 1 nitrogen and oxygen atoms in total. The number of carbonyl (C=O) groups excluding carboxylic acids is 1. The van der Waals surface area contributed by atoms with Gasteiger partial charge in [0.15, 0.2) is 0 Å². The first-order valence-electron chi connectivity index (χ1n) is 5.68. The van der Waals surface area contributed by atoms with E-state index in [0.717, 1.165) is 25.7 Å². The summed E-state index contributed by atoms with van der Waals surface area (Å²) < 4.78 is 0. The Labute approximate surface area is 81.9 Å². The fraction of sp³-hybridized carbons (Fsp3) is 0.833. The standard InChI is InChI=1S/C12H21O/c1-2-11-8-6-4-3-5-7-9-12(13)10-11/h2-10H2,1H3. The van der Waals surface area contributed by atoms with Crippen molar-refractivity contribution in [3.05, 3.63) is 5.92 Å². The first kappa shape index (κ1) is 10.7. The van der Waals surface area contributed by atoms with Gasteiger partial charge < -0.3 is 0 Å². The molecule has 0 aromatic rings. The molecule has 1 heteroatoms. The minimum absolute atomic E-state index is 0.471. The zero-order valence-electron chi connectivity index (χ0n) is 8.77. The zero-order chi connectivity index (χ0) is 9.52. The highest BCUT2D eigenvalue weighted by Gasteiger charge is 2.13. The van der Waals surface area contributed by atoms with E-state index in [2.05, 4.69) is 6.92 Å². The van der Waals surface area contributed by atoms with E-state index in [1.807, 2.05) is 0 Å². The van der Waals surface area contributed by atoms with Gasteiger partial charge in [0.25, 0.3) is 0 Å². The Bertz CT molecular complexity index is 151. The quantitative estimate of drug-likeness (QED) is 0.603. The van der Waals surface area contributed by atoms with Gasteiger partial charge in [-0.3, -0.25) is 4.79 Å². The summed E-state index contributed by atoms with van der Waals surface area (Å²) in [5.74, 6) is 1.95. The molecular weight excluding hydrogens is 160 g/mol. The van der Waals surface area contributed by atoms with Gasteiger partial charge in [-0.1, -0.05) is 32.6 Å². The van der Waals surface area contributed by atoms with Crippen LogP contribution in [0.25, 0.3) is 0 Å². The summed E-state index contributed by atoms with van der Waals surface area (Å²) in [6.45, 7) is 2.17. The van der Waals surface area contributed by atoms with Crippen molar-refractivity contribution in [3.63, 3.8) is 0 Å². The molecule has 1 fully saturated rings. The molecule has 1 aliphatic rings. The van der Waals surface area contributed by atoms with Crippen LogP contribution >= 0.6 is 0 Å². The van der Waals surface area contributed by atoms with Crippen molar-refractivity contribution < 1.29 is 4.79 Å². The molecule has 0 amide bonds. The van der Waals surface area contributed by atoms with Crippen LogP contribution in [0, 0.1) is 5.92 Å². The van der Waals surface area contributed by atoms with Crippen LogP contribution in [0.5, 0.6) is 0 Å². The Kier molecular flexibility index (Phi) is 5.10. The van der Waals surface area contributed by atoms with Crippen molar-refractivity contribution in [2.24, 2.45) is 0 Å². The van der Waals surface area contributed by atoms with Gasteiger partial charge in [0, 0.05) is 12.8 Å². The van der Waals surface area contributed by atoms with Crippen molar-refractivity contribution in [3.8, 4) is 0 Å². The first-order valence-corrected chi connectivity index (χ1v) is 5.68. The van der Waals surface area contributed by atoms with E-state index in [0.29, 0.717) is 5.78 Å². The molecule has 0 unspecified atom stereocenters. The highest BCUT2D eigenvalue weighted by atomic mass is 16.1. The average Bonchev–Trinajstić information content (AvgIpc) is 2.15. The summed E-state index contributed by atoms with van der Waals surface area (Å²) in [5, 5.41) is 0. The minimum Gasteiger partial charge on any atom is -0.300 e.